The second-order valence-electron chi connectivity index (χ2n) is 1.90. The molecule has 2 N–H and O–H groups in total. The molecule has 0 saturated carbocycles. The van der Waals surface area contributed by atoms with E-state index in [0.717, 1.165) is 0 Å². The molecule has 0 spiro atoms. The highest BCUT2D eigenvalue weighted by atomic mass is 32.3. The van der Waals surface area contributed by atoms with Gasteiger partial charge in [0.05, 0.1) is 0 Å². The van der Waals surface area contributed by atoms with Crippen molar-refractivity contribution in [2.45, 2.75) is 0 Å². The van der Waals surface area contributed by atoms with Gasteiger partial charge >= 0.3 is 10.4 Å². The van der Waals surface area contributed by atoms with Crippen LogP contribution >= 0.6 is 0 Å². The molecule has 1 aromatic rings. The zero-order valence-corrected chi connectivity index (χ0v) is 6.82. The van der Waals surface area contributed by atoms with Crippen LogP contribution in [-0.2, 0) is 14.7 Å². The van der Waals surface area contributed by atoms with Crippen molar-refractivity contribution in [2.75, 3.05) is 0 Å². The lowest BCUT2D eigenvalue weighted by atomic mass is 10.3. The minimum atomic E-state index is -4.09. The molecule has 0 aromatic heterocycles. The van der Waals surface area contributed by atoms with E-state index in [1.165, 1.54) is 12.1 Å². The van der Waals surface area contributed by atoms with Gasteiger partial charge in [0, 0.05) is 0 Å². The van der Waals surface area contributed by atoms with Crippen LogP contribution in [0.2, 0.25) is 0 Å². The number of para-hydroxylation sites is 1. The molecule has 0 unspecified atom stereocenters. The largest absolute Gasteiger partial charge is 0.465 e. The fourth-order valence-corrected chi connectivity index (χ4v) is 1.000. The van der Waals surface area contributed by atoms with Crippen LogP contribution in [0, 0.1) is 0 Å². The second kappa shape index (κ2) is 3.53. The average molecular weight is 189 g/mol. The molecule has 12 heavy (non-hydrogen) atoms. The summed E-state index contributed by atoms with van der Waals surface area (Å²) in [5.74, 6) is 4.60. The van der Waals surface area contributed by atoms with Crippen molar-refractivity contribution < 1.29 is 16.9 Å². The minimum Gasteiger partial charge on any atom is -0.361 e. The predicted octanol–water partition coefficient (Wildman–Crippen LogP) is 0.201. The Labute approximate surface area is 70.0 Å². The Kier molecular flexibility index (Phi) is 2.64. The van der Waals surface area contributed by atoms with Gasteiger partial charge in [0.15, 0.2) is 0 Å². The monoisotopic (exact) mass is 189 g/mol. The lowest BCUT2D eigenvalue weighted by Crippen LogP contribution is -2.16. The average Bonchev–Trinajstić information content (AvgIpc) is 2.06. The van der Waals surface area contributed by atoms with E-state index in [1.54, 1.807) is 18.2 Å². The number of hydrogen-bond acceptors (Lipinski definition) is 5. The quantitative estimate of drug-likeness (QED) is 0.687. The van der Waals surface area contributed by atoms with Crippen molar-refractivity contribution in [3.05, 3.63) is 30.3 Å². The zero-order valence-electron chi connectivity index (χ0n) is 6.01. The fourth-order valence-electron chi connectivity index (χ4n) is 0.614. The van der Waals surface area contributed by atoms with E-state index in [1.807, 2.05) is 0 Å². The molecule has 0 bridgehead atoms. The molecule has 0 heterocycles. The first kappa shape index (κ1) is 8.98. The Balaban J connectivity index is 2.78. The van der Waals surface area contributed by atoms with Gasteiger partial charge in [-0.15, -0.1) is 0 Å². The van der Waals surface area contributed by atoms with E-state index in [4.69, 9.17) is 0 Å². The number of nitrogens with two attached hydrogens (primary N) is 1. The highest BCUT2D eigenvalue weighted by Crippen LogP contribution is 2.10. The van der Waals surface area contributed by atoms with E-state index < -0.39 is 10.4 Å². The van der Waals surface area contributed by atoms with E-state index in [-0.39, 0.29) is 5.75 Å². The molecule has 5 nitrogen and oxygen atoms in total. The summed E-state index contributed by atoms with van der Waals surface area (Å²) in [6.07, 6.45) is 0. The third-order valence-corrected chi connectivity index (χ3v) is 1.69. The molecule has 0 saturated heterocycles. The van der Waals surface area contributed by atoms with Crippen LogP contribution in [0.15, 0.2) is 30.3 Å². The summed E-state index contributed by atoms with van der Waals surface area (Å²) in [5.41, 5.74) is 0. The van der Waals surface area contributed by atoms with Crippen LogP contribution in [0.5, 0.6) is 5.75 Å². The van der Waals surface area contributed by atoms with Gasteiger partial charge in [-0.3, -0.25) is 0 Å². The van der Waals surface area contributed by atoms with Crippen molar-refractivity contribution in [2.24, 2.45) is 5.90 Å². The topological polar surface area (TPSA) is 78.6 Å². The van der Waals surface area contributed by atoms with Gasteiger partial charge in [-0.2, -0.15) is 18.6 Å². The third kappa shape index (κ3) is 2.50. The maximum Gasteiger partial charge on any atom is 0.465 e. The van der Waals surface area contributed by atoms with Crippen LogP contribution in [-0.4, -0.2) is 8.42 Å². The molecule has 0 atom stereocenters. The molecule has 1 rings (SSSR count). The van der Waals surface area contributed by atoms with Gasteiger partial charge in [-0.25, -0.2) is 0 Å². The standard InChI is InChI=1S/C6H7NO4S/c7-11-12(8,9)10-6-4-2-1-3-5-6/h1-5H,7H2. The van der Waals surface area contributed by atoms with Gasteiger partial charge < -0.3 is 4.18 Å². The second-order valence-corrected chi connectivity index (χ2v) is 3.08. The Morgan fingerprint density at radius 3 is 2.25 bits per heavy atom. The highest BCUT2D eigenvalue weighted by Gasteiger charge is 2.10. The maximum absolute atomic E-state index is 10.6. The summed E-state index contributed by atoms with van der Waals surface area (Å²) in [7, 11) is -4.09. The Hall–Kier alpha value is -1.11. The Morgan fingerprint density at radius 1 is 1.17 bits per heavy atom. The fraction of sp³-hybridized carbons (Fsp3) is 0. The summed E-state index contributed by atoms with van der Waals surface area (Å²) in [5, 5.41) is 0. The molecule has 0 amide bonds. The smallest absolute Gasteiger partial charge is 0.361 e. The molecule has 0 aliphatic rings. The molecule has 66 valence electrons. The molecule has 0 radical (unpaired) electrons. The van der Waals surface area contributed by atoms with Gasteiger partial charge in [0.2, 0.25) is 0 Å². The highest BCUT2D eigenvalue weighted by molar-refractivity contribution is 7.82. The van der Waals surface area contributed by atoms with Crippen molar-refractivity contribution >= 4 is 10.4 Å². The molecule has 0 fully saturated rings. The van der Waals surface area contributed by atoms with Gasteiger partial charge in [0.25, 0.3) is 0 Å². The number of benzene rings is 1. The molecule has 6 heteroatoms. The lowest BCUT2D eigenvalue weighted by molar-refractivity contribution is 0.282. The number of hydrogen-bond donors (Lipinski definition) is 1. The van der Waals surface area contributed by atoms with E-state index in [2.05, 4.69) is 14.4 Å². The van der Waals surface area contributed by atoms with Gasteiger partial charge in [0.1, 0.15) is 5.75 Å². The summed E-state index contributed by atoms with van der Waals surface area (Å²) in [6.45, 7) is 0. The van der Waals surface area contributed by atoms with Crippen LogP contribution < -0.4 is 10.1 Å². The normalized spacial score (nSPS) is 11.1. The van der Waals surface area contributed by atoms with E-state index in [0.29, 0.717) is 0 Å². The molecular formula is C6H7NO4S. The first-order valence-corrected chi connectivity index (χ1v) is 4.35. The zero-order chi connectivity index (χ0) is 9.03. The SMILES string of the molecule is NOS(=O)(=O)Oc1ccccc1. The lowest BCUT2D eigenvalue weighted by Gasteiger charge is -2.01. The molecule has 0 aliphatic heterocycles. The Bertz CT molecular complexity index is 334. The number of rotatable bonds is 3. The first-order chi connectivity index (χ1) is 5.64. The van der Waals surface area contributed by atoms with Crippen molar-refractivity contribution in [3.63, 3.8) is 0 Å². The van der Waals surface area contributed by atoms with Crippen LogP contribution in [0.25, 0.3) is 0 Å². The molecule has 0 aliphatic carbocycles. The Morgan fingerprint density at radius 2 is 1.75 bits per heavy atom. The van der Waals surface area contributed by atoms with Crippen molar-refractivity contribution in [1.29, 1.82) is 0 Å². The predicted molar refractivity (Wildman–Crippen MR) is 41.3 cm³/mol. The van der Waals surface area contributed by atoms with Crippen LogP contribution in [0.4, 0.5) is 0 Å². The minimum absolute atomic E-state index is 0.156. The van der Waals surface area contributed by atoms with Crippen LogP contribution in [0.1, 0.15) is 0 Å². The summed E-state index contributed by atoms with van der Waals surface area (Å²) in [6, 6.07) is 7.92. The molecule has 1 aromatic carbocycles. The van der Waals surface area contributed by atoms with Crippen molar-refractivity contribution in [3.8, 4) is 5.75 Å². The molecular weight excluding hydrogens is 182 g/mol. The summed E-state index contributed by atoms with van der Waals surface area (Å²) in [4.78, 5) is 0. The maximum atomic E-state index is 10.6. The van der Waals surface area contributed by atoms with Gasteiger partial charge in [-0.05, 0) is 12.1 Å². The first-order valence-electron chi connectivity index (χ1n) is 3.02. The van der Waals surface area contributed by atoms with Crippen molar-refractivity contribution in [1.82, 2.24) is 0 Å². The third-order valence-electron chi connectivity index (χ3n) is 1.06. The van der Waals surface area contributed by atoms with Crippen LogP contribution in [0.3, 0.4) is 0 Å². The van der Waals surface area contributed by atoms with E-state index >= 15 is 0 Å². The summed E-state index contributed by atoms with van der Waals surface area (Å²) >= 11 is 0. The van der Waals surface area contributed by atoms with E-state index in [9.17, 15) is 8.42 Å². The summed E-state index contributed by atoms with van der Waals surface area (Å²) < 4.78 is 29.2. The van der Waals surface area contributed by atoms with Gasteiger partial charge in [-0.1, -0.05) is 18.2 Å².